The van der Waals surface area contributed by atoms with Gasteiger partial charge in [0.1, 0.15) is 0 Å². The monoisotopic (exact) mass is 224 g/mol. The molecular weight excluding hydrogens is 200 g/mol. The second-order valence-electron chi connectivity index (χ2n) is 5.38. The zero-order valence-electron chi connectivity index (χ0n) is 10.6. The normalized spacial score (nSPS) is 22.2. The minimum atomic E-state index is 0.302. The summed E-state index contributed by atoms with van der Waals surface area (Å²) >= 11 is 0. The molecule has 0 unspecified atom stereocenters. The molecule has 2 rings (SSSR count). The molecule has 1 saturated carbocycles. The van der Waals surface area contributed by atoms with Gasteiger partial charge in [0.25, 0.3) is 0 Å². The lowest BCUT2D eigenvalue weighted by molar-refractivity contribution is 0.132. The lowest BCUT2D eigenvalue weighted by Gasteiger charge is -2.35. The highest BCUT2D eigenvalue weighted by atomic mass is 16.2. The Kier molecular flexibility index (Phi) is 3.72. The fraction of sp³-hybridized carbons (Fsp3) is 0.923. The molecule has 0 bridgehead atoms. The van der Waals surface area contributed by atoms with Crippen LogP contribution in [0.4, 0.5) is 4.79 Å². The molecule has 92 valence electrons. The second-order valence-corrected chi connectivity index (χ2v) is 5.38. The van der Waals surface area contributed by atoms with Gasteiger partial charge in [-0.25, -0.2) is 4.79 Å². The van der Waals surface area contributed by atoms with Gasteiger partial charge < -0.3 is 9.80 Å². The van der Waals surface area contributed by atoms with Crippen LogP contribution in [0.2, 0.25) is 0 Å². The van der Waals surface area contributed by atoms with E-state index in [2.05, 4.69) is 23.6 Å². The summed E-state index contributed by atoms with van der Waals surface area (Å²) in [6.07, 6.45) is 5.87. The molecule has 0 atom stereocenters. The van der Waals surface area contributed by atoms with Crippen molar-refractivity contribution in [3.63, 3.8) is 0 Å². The molecule has 2 aliphatic rings. The van der Waals surface area contributed by atoms with Crippen LogP contribution in [0.25, 0.3) is 0 Å². The van der Waals surface area contributed by atoms with E-state index in [9.17, 15) is 4.79 Å². The second kappa shape index (κ2) is 5.07. The van der Waals surface area contributed by atoms with Crippen LogP contribution >= 0.6 is 0 Å². The van der Waals surface area contributed by atoms with Gasteiger partial charge in [-0.1, -0.05) is 13.8 Å². The maximum atomic E-state index is 12.3. The number of likely N-dealkylation sites (tertiary alicyclic amines) is 1. The molecule has 1 heterocycles. The van der Waals surface area contributed by atoms with Crippen LogP contribution in [-0.4, -0.2) is 41.5 Å². The van der Waals surface area contributed by atoms with Crippen molar-refractivity contribution in [1.29, 1.82) is 0 Å². The standard InChI is InChI=1S/C13H24N2O/c1-3-8-15(12-4-5-12)13(16)14-9-6-11(2)7-10-14/h11-12H,3-10H2,1-2H3. The molecule has 0 aromatic heterocycles. The third-order valence-corrected chi connectivity index (χ3v) is 3.75. The highest BCUT2D eigenvalue weighted by Gasteiger charge is 2.34. The highest BCUT2D eigenvalue weighted by molar-refractivity contribution is 5.75. The highest BCUT2D eigenvalue weighted by Crippen LogP contribution is 2.29. The van der Waals surface area contributed by atoms with Crippen molar-refractivity contribution < 1.29 is 4.79 Å². The molecule has 3 nitrogen and oxygen atoms in total. The predicted octanol–water partition coefficient (Wildman–Crippen LogP) is 2.71. The number of nitrogens with zero attached hydrogens (tertiary/aromatic N) is 2. The average molecular weight is 224 g/mol. The van der Waals surface area contributed by atoms with Crippen LogP contribution in [0.5, 0.6) is 0 Å². The van der Waals surface area contributed by atoms with Gasteiger partial charge in [0.15, 0.2) is 0 Å². The Morgan fingerprint density at radius 1 is 1.25 bits per heavy atom. The van der Waals surface area contributed by atoms with Gasteiger partial charge >= 0.3 is 6.03 Å². The van der Waals surface area contributed by atoms with E-state index in [0.29, 0.717) is 12.1 Å². The van der Waals surface area contributed by atoms with E-state index in [1.54, 1.807) is 0 Å². The van der Waals surface area contributed by atoms with Crippen LogP contribution in [0.1, 0.15) is 46.0 Å². The number of piperidine rings is 1. The molecular formula is C13H24N2O. The molecule has 2 fully saturated rings. The van der Waals surface area contributed by atoms with Crippen molar-refractivity contribution in [2.24, 2.45) is 5.92 Å². The molecule has 1 aliphatic heterocycles. The third-order valence-electron chi connectivity index (χ3n) is 3.75. The van der Waals surface area contributed by atoms with Crippen molar-refractivity contribution in [2.75, 3.05) is 19.6 Å². The predicted molar refractivity (Wildman–Crippen MR) is 65.4 cm³/mol. The number of amides is 2. The Balaban J connectivity index is 1.88. The molecule has 0 spiro atoms. The zero-order valence-corrected chi connectivity index (χ0v) is 10.6. The lowest BCUT2D eigenvalue weighted by Crippen LogP contribution is -2.47. The fourth-order valence-electron chi connectivity index (χ4n) is 2.44. The van der Waals surface area contributed by atoms with Gasteiger partial charge in [0.05, 0.1) is 0 Å². The van der Waals surface area contributed by atoms with E-state index in [1.165, 1.54) is 25.7 Å². The van der Waals surface area contributed by atoms with Crippen molar-refractivity contribution in [3.8, 4) is 0 Å². The Bertz CT molecular complexity index is 242. The smallest absolute Gasteiger partial charge is 0.320 e. The van der Waals surface area contributed by atoms with Crippen LogP contribution in [0.3, 0.4) is 0 Å². The van der Waals surface area contributed by atoms with E-state index in [4.69, 9.17) is 0 Å². The molecule has 2 amide bonds. The van der Waals surface area contributed by atoms with Crippen molar-refractivity contribution in [1.82, 2.24) is 9.80 Å². The van der Waals surface area contributed by atoms with Gasteiger partial charge in [-0.3, -0.25) is 0 Å². The average Bonchev–Trinajstić information content (AvgIpc) is 3.10. The van der Waals surface area contributed by atoms with E-state index < -0.39 is 0 Å². The molecule has 0 radical (unpaired) electrons. The van der Waals surface area contributed by atoms with Gasteiger partial charge in [0, 0.05) is 25.7 Å². The van der Waals surface area contributed by atoms with Crippen LogP contribution in [-0.2, 0) is 0 Å². The Morgan fingerprint density at radius 2 is 1.88 bits per heavy atom. The summed E-state index contributed by atoms with van der Waals surface area (Å²) in [6.45, 7) is 7.31. The zero-order chi connectivity index (χ0) is 11.5. The Hall–Kier alpha value is -0.730. The number of rotatable bonds is 3. The van der Waals surface area contributed by atoms with Crippen LogP contribution in [0.15, 0.2) is 0 Å². The minimum absolute atomic E-state index is 0.302. The summed E-state index contributed by atoms with van der Waals surface area (Å²) in [5.74, 6) is 0.796. The maximum Gasteiger partial charge on any atom is 0.320 e. The van der Waals surface area contributed by atoms with Crippen LogP contribution in [0, 0.1) is 5.92 Å². The fourth-order valence-corrected chi connectivity index (χ4v) is 2.44. The summed E-state index contributed by atoms with van der Waals surface area (Å²) in [7, 11) is 0. The number of carbonyl (C=O) groups excluding carboxylic acids is 1. The molecule has 0 N–H and O–H groups in total. The first kappa shape index (κ1) is 11.7. The van der Waals surface area contributed by atoms with E-state index >= 15 is 0 Å². The summed E-state index contributed by atoms with van der Waals surface area (Å²) in [6, 6.07) is 0.864. The largest absolute Gasteiger partial charge is 0.325 e. The maximum absolute atomic E-state index is 12.3. The number of carbonyl (C=O) groups is 1. The molecule has 3 heteroatoms. The number of hydrogen-bond donors (Lipinski definition) is 0. The summed E-state index contributed by atoms with van der Waals surface area (Å²) < 4.78 is 0. The van der Waals surface area contributed by atoms with Gasteiger partial charge in [-0.2, -0.15) is 0 Å². The van der Waals surface area contributed by atoms with Crippen molar-refractivity contribution >= 4 is 6.03 Å². The summed E-state index contributed by atoms with van der Waals surface area (Å²) in [5, 5.41) is 0. The Morgan fingerprint density at radius 3 is 2.38 bits per heavy atom. The molecule has 1 aliphatic carbocycles. The summed E-state index contributed by atoms with van der Waals surface area (Å²) in [5.41, 5.74) is 0. The molecule has 0 aromatic rings. The van der Waals surface area contributed by atoms with Gasteiger partial charge in [-0.15, -0.1) is 0 Å². The number of urea groups is 1. The first-order chi connectivity index (χ1) is 7.72. The molecule has 16 heavy (non-hydrogen) atoms. The van der Waals surface area contributed by atoms with Gasteiger partial charge in [-0.05, 0) is 38.0 Å². The Labute approximate surface area is 98.8 Å². The van der Waals surface area contributed by atoms with Crippen LogP contribution < -0.4 is 0 Å². The number of hydrogen-bond acceptors (Lipinski definition) is 1. The summed E-state index contributed by atoms with van der Waals surface area (Å²) in [4.78, 5) is 16.5. The van der Waals surface area contributed by atoms with E-state index in [-0.39, 0.29) is 0 Å². The molecule has 0 aromatic carbocycles. The lowest BCUT2D eigenvalue weighted by atomic mass is 9.99. The van der Waals surface area contributed by atoms with E-state index in [1.807, 2.05) is 0 Å². The van der Waals surface area contributed by atoms with Crippen molar-refractivity contribution in [2.45, 2.75) is 52.0 Å². The third kappa shape index (κ3) is 2.69. The van der Waals surface area contributed by atoms with Gasteiger partial charge in [0.2, 0.25) is 0 Å². The SMILES string of the molecule is CCCN(C(=O)N1CCC(C)CC1)C1CC1. The quantitative estimate of drug-likeness (QED) is 0.723. The topological polar surface area (TPSA) is 23.6 Å². The minimum Gasteiger partial charge on any atom is -0.325 e. The molecule has 1 saturated heterocycles. The van der Waals surface area contributed by atoms with Crippen molar-refractivity contribution in [3.05, 3.63) is 0 Å². The first-order valence-electron chi connectivity index (χ1n) is 6.78. The van der Waals surface area contributed by atoms with E-state index in [0.717, 1.165) is 32.0 Å². The first-order valence-corrected chi connectivity index (χ1v) is 6.78.